The maximum atomic E-state index is 11.7. The summed E-state index contributed by atoms with van der Waals surface area (Å²) in [7, 11) is 1.52. The second-order valence-corrected chi connectivity index (χ2v) is 5.01. The molecule has 1 N–H and O–H groups in total. The van der Waals surface area contributed by atoms with E-state index in [1.807, 2.05) is 12.1 Å². The highest BCUT2D eigenvalue weighted by Crippen LogP contribution is 2.34. The largest absolute Gasteiger partial charge is 0.496 e. The molecule has 1 saturated heterocycles. The predicted octanol–water partition coefficient (Wildman–Crippen LogP) is 1.17. The zero-order chi connectivity index (χ0) is 15.0. The lowest BCUT2D eigenvalue weighted by Gasteiger charge is -2.34. The van der Waals surface area contributed by atoms with Crippen molar-refractivity contribution < 1.29 is 24.2 Å². The molecule has 21 heavy (non-hydrogen) atoms. The Hall–Kier alpha value is -2.44. The van der Waals surface area contributed by atoms with Crippen LogP contribution < -0.4 is 9.64 Å². The van der Waals surface area contributed by atoms with Crippen LogP contribution in [0, 0.1) is 0 Å². The number of carbonyl (C=O) groups is 2. The number of fused-ring (bicyclic) bond motifs is 1. The third-order valence-corrected chi connectivity index (χ3v) is 3.87. The zero-order valence-corrected chi connectivity index (χ0v) is 11.7. The Bertz CT molecular complexity index is 593. The third kappa shape index (κ3) is 2.35. The molecule has 112 valence electrons. The van der Waals surface area contributed by atoms with E-state index < -0.39 is 6.09 Å². The molecule has 7 heteroatoms. The summed E-state index contributed by atoms with van der Waals surface area (Å²) < 4.78 is 10.3. The standard InChI is InChI=1S/C14H16N2O5/c1-20-11-7-10(6-9-8-21-13(17)12(9)11)15-2-4-16(5-3-15)14(18)19/h6-7H,2-5,8H2,1H3,(H,18,19). The van der Waals surface area contributed by atoms with Crippen molar-refractivity contribution >= 4 is 17.7 Å². The summed E-state index contributed by atoms with van der Waals surface area (Å²) in [6.45, 7) is 2.41. The molecule has 0 radical (unpaired) electrons. The Morgan fingerprint density at radius 1 is 1.29 bits per heavy atom. The number of carboxylic acid groups (broad SMARTS) is 1. The minimum absolute atomic E-state index is 0.257. The number of nitrogens with zero attached hydrogens (tertiary/aromatic N) is 2. The van der Waals surface area contributed by atoms with Gasteiger partial charge in [-0.15, -0.1) is 0 Å². The predicted molar refractivity (Wildman–Crippen MR) is 73.9 cm³/mol. The molecule has 0 aromatic heterocycles. The van der Waals surface area contributed by atoms with Crippen LogP contribution in [0.3, 0.4) is 0 Å². The second kappa shape index (κ2) is 5.16. The normalized spacial score (nSPS) is 17.5. The van der Waals surface area contributed by atoms with Gasteiger partial charge in [-0.25, -0.2) is 9.59 Å². The lowest BCUT2D eigenvalue weighted by atomic mass is 10.1. The molecule has 0 atom stereocenters. The minimum atomic E-state index is -0.889. The van der Waals surface area contributed by atoms with Gasteiger partial charge < -0.3 is 24.4 Å². The van der Waals surface area contributed by atoms with Crippen molar-refractivity contribution in [1.29, 1.82) is 0 Å². The summed E-state index contributed by atoms with van der Waals surface area (Å²) in [6.07, 6.45) is -0.889. The van der Waals surface area contributed by atoms with E-state index >= 15 is 0 Å². The van der Waals surface area contributed by atoms with Crippen LogP contribution in [0.25, 0.3) is 0 Å². The Balaban J connectivity index is 1.84. The first-order chi connectivity index (χ1) is 10.1. The number of piperazine rings is 1. The molecule has 0 spiro atoms. The Kier molecular flexibility index (Phi) is 3.32. The van der Waals surface area contributed by atoms with Crippen LogP contribution in [0.15, 0.2) is 12.1 Å². The minimum Gasteiger partial charge on any atom is -0.496 e. The molecule has 0 unspecified atom stereocenters. The zero-order valence-electron chi connectivity index (χ0n) is 11.7. The molecule has 2 heterocycles. The van der Waals surface area contributed by atoms with Crippen LogP contribution in [0.5, 0.6) is 5.75 Å². The molecule has 2 aliphatic heterocycles. The highest BCUT2D eigenvalue weighted by atomic mass is 16.5. The highest BCUT2D eigenvalue weighted by molar-refractivity contribution is 5.97. The van der Waals surface area contributed by atoms with Crippen molar-refractivity contribution in [3.05, 3.63) is 23.3 Å². The first-order valence-corrected chi connectivity index (χ1v) is 6.71. The van der Waals surface area contributed by atoms with E-state index in [1.165, 1.54) is 12.0 Å². The highest BCUT2D eigenvalue weighted by Gasteiger charge is 2.28. The van der Waals surface area contributed by atoms with Crippen molar-refractivity contribution in [1.82, 2.24) is 4.90 Å². The van der Waals surface area contributed by atoms with Crippen molar-refractivity contribution in [3.8, 4) is 5.75 Å². The van der Waals surface area contributed by atoms with Crippen molar-refractivity contribution in [3.63, 3.8) is 0 Å². The fourth-order valence-corrected chi connectivity index (χ4v) is 2.72. The van der Waals surface area contributed by atoms with E-state index in [0.29, 0.717) is 37.5 Å². The number of methoxy groups -OCH3 is 1. The molecule has 7 nitrogen and oxygen atoms in total. The molecule has 2 aliphatic rings. The number of rotatable bonds is 2. The van der Waals surface area contributed by atoms with Crippen molar-refractivity contribution in [2.45, 2.75) is 6.61 Å². The van der Waals surface area contributed by atoms with Crippen molar-refractivity contribution in [2.75, 3.05) is 38.2 Å². The van der Waals surface area contributed by atoms with Gasteiger partial charge in [-0.1, -0.05) is 0 Å². The van der Waals surface area contributed by atoms with Crippen LogP contribution >= 0.6 is 0 Å². The molecule has 1 amide bonds. The average molecular weight is 292 g/mol. The number of ether oxygens (including phenoxy) is 2. The van der Waals surface area contributed by atoms with Crippen LogP contribution in [0.4, 0.5) is 10.5 Å². The number of cyclic esters (lactones) is 1. The van der Waals surface area contributed by atoms with Gasteiger partial charge in [0.1, 0.15) is 17.9 Å². The molecule has 0 aliphatic carbocycles. The fraction of sp³-hybridized carbons (Fsp3) is 0.429. The monoisotopic (exact) mass is 292 g/mol. The molecular formula is C14H16N2O5. The van der Waals surface area contributed by atoms with E-state index in [4.69, 9.17) is 14.6 Å². The quantitative estimate of drug-likeness (QED) is 0.824. The number of benzene rings is 1. The first-order valence-electron chi connectivity index (χ1n) is 6.71. The summed E-state index contributed by atoms with van der Waals surface area (Å²) in [5.74, 6) is 0.148. The fourth-order valence-electron chi connectivity index (χ4n) is 2.72. The maximum absolute atomic E-state index is 11.7. The van der Waals surface area contributed by atoms with E-state index in [-0.39, 0.29) is 12.6 Å². The Morgan fingerprint density at radius 3 is 2.62 bits per heavy atom. The van der Waals surface area contributed by atoms with Crippen LogP contribution in [0.2, 0.25) is 0 Å². The molecule has 1 fully saturated rings. The first kappa shape index (κ1) is 13.5. The van der Waals surface area contributed by atoms with Gasteiger partial charge in [-0.2, -0.15) is 0 Å². The van der Waals surface area contributed by atoms with Gasteiger partial charge in [-0.05, 0) is 6.07 Å². The van der Waals surface area contributed by atoms with Crippen molar-refractivity contribution in [2.24, 2.45) is 0 Å². The lowest BCUT2D eigenvalue weighted by molar-refractivity contribution is 0.0533. The van der Waals surface area contributed by atoms with Gasteiger partial charge in [0, 0.05) is 43.5 Å². The second-order valence-electron chi connectivity index (χ2n) is 5.01. The number of hydrogen-bond acceptors (Lipinski definition) is 5. The summed E-state index contributed by atoms with van der Waals surface area (Å²) in [6, 6.07) is 3.72. The van der Waals surface area contributed by atoms with Crippen LogP contribution in [-0.4, -0.2) is 55.4 Å². The van der Waals surface area contributed by atoms with E-state index in [9.17, 15) is 9.59 Å². The summed E-state index contributed by atoms with van der Waals surface area (Å²) >= 11 is 0. The molecule has 1 aromatic rings. The molecule has 0 saturated carbocycles. The van der Waals surface area contributed by atoms with Gasteiger partial charge in [0.2, 0.25) is 0 Å². The number of amides is 1. The summed E-state index contributed by atoms with van der Waals surface area (Å²) in [5, 5.41) is 8.97. The molecule has 3 rings (SSSR count). The SMILES string of the molecule is COc1cc(N2CCN(C(=O)O)CC2)cc2c1C(=O)OC2. The van der Waals surface area contributed by atoms with Gasteiger partial charge in [0.15, 0.2) is 0 Å². The number of anilines is 1. The number of carbonyl (C=O) groups excluding carboxylic acids is 1. The van der Waals surface area contributed by atoms with Gasteiger partial charge in [0.25, 0.3) is 0 Å². The molecule has 1 aromatic carbocycles. The van der Waals surface area contributed by atoms with E-state index in [2.05, 4.69) is 4.90 Å². The smallest absolute Gasteiger partial charge is 0.407 e. The average Bonchev–Trinajstić information content (AvgIpc) is 2.88. The number of esters is 1. The van der Waals surface area contributed by atoms with Crippen LogP contribution in [-0.2, 0) is 11.3 Å². The molecule has 0 bridgehead atoms. The molecular weight excluding hydrogens is 276 g/mol. The van der Waals surface area contributed by atoms with E-state index in [1.54, 1.807) is 0 Å². The topological polar surface area (TPSA) is 79.3 Å². The van der Waals surface area contributed by atoms with Gasteiger partial charge >= 0.3 is 12.1 Å². The lowest BCUT2D eigenvalue weighted by Crippen LogP contribution is -2.48. The van der Waals surface area contributed by atoms with Gasteiger partial charge in [0.05, 0.1) is 7.11 Å². The summed E-state index contributed by atoms with van der Waals surface area (Å²) in [4.78, 5) is 26.1. The summed E-state index contributed by atoms with van der Waals surface area (Å²) in [5.41, 5.74) is 2.23. The maximum Gasteiger partial charge on any atom is 0.407 e. The van der Waals surface area contributed by atoms with E-state index in [0.717, 1.165) is 11.3 Å². The number of hydrogen-bond donors (Lipinski definition) is 1. The third-order valence-electron chi connectivity index (χ3n) is 3.87. The Morgan fingerprint density at radius 2 is 2.00 bits per heavy atom. The Labute approximate surface area is 121 Å². The van der Waals surface area contributed by atoms with Crippen LogP contribution in [0.1, 0.15) is 15.9 Å². The van der Waals surface area contributed by atoms with Gasteiger partial charge in [-0.3, -0.25) is 0 Å².